The summed E-state index contributed by atoms with van der Waals surface area (Å²) < 4.78 is 10.6. The van der Waals surface area contributed by atoms with Gasteiger partial charge in [-0.1, -0.05) is 12.8 Å². The normalized spacial score (nSPS) is 19.9. The van der Waals surface area contributed by atoms with Crippen molar-refractivity contribution in [1.82, 2.24) is 5.32 Å². The van der Waals surface area contributed by atoms with Crippen molar-refractivity contribution in [3.05, 3.63) is 40.8 Å². The van der Waals surface area contributed by atoms with Crippen LogP contribution in [0.2, 0.25) is 0 Å². The van der Waals surface area contributed by atoms with Gasteiger partial charge in [0, 0.05) is 23.6 Å². The van der Waals surface area contributed by atoms with Gasteiger partial charge in [-0.3, -0.25) is 4.79 Å². The molecule has 7 heteroatoms. The lowest BCUT2D eigenvalue weighted by Gasteiger charge is -2.31. The van der Waals surface area contributed by atoms with Gasteiger partial charge in [0.1, 0.15) is 11.3 Å². The second-order valence-electron chi connectivity index (χ2n) is 6.20. The number of hydrogen-bond donors (Lipinski definition) is 2. The summed E-state index contributed by atoms with van der Waals surface area (Å²) in [5.41, 5.74) is 5.81. The quantitative estimate of drug-likeness (QED) is 0.791. The highest BCUT2D eigenvalue weighted by atomic mass is 35.5. The summed E-state index contributed by atoms with van der Waals surface area (Å²) in [6.45, 7) is 0.520. The Kier molecular flexibility index (Phi) is 6.84. The van der Waals surface area contributed by atoms with Gasteiger partial charge in [0.05, 0.1) is 0 Å². The summed E-state index contributed by atoms with van der Waals surface area (Å²) in [6.07, 6.45) is 4.32. The largest absolute Gasteiger partial charge is 0.484 e. The second-order valence-corrected chi connectivity index (χ2v) is 6.20. The molecule has 1 aromatic heterocycles. The Morgan fingerprint density at radius 2 is 2.00 bits per heavy atom. The fourth-order valence-corrected chi connectivity index (χ4v) is 3.21. The Morgan fingerprint density at radius 1 is 1.24 bits per heavy atom. The summed E-state index contributed by atoms with van der Waals surface area (Å²) in [5.74, 6) is 0.679. The molecule has 2 atom stereocenters. The summed E-state index contributed by atoms with van der Waals surface area (Å²) >= 11 is 0. The molecule has 1 amide bonds. The molecule has 25 heavy (non-hydrogen) atoms. The smallest absolute Gasteiger partial charge is 0.336 e. The maximum Gasteiger partial charge on any atom is 0.336 e. The van der Waals surface area contributed by atoms with Crippen molar-refractivity contribution >= 4 is 29.3 Å². The number of fused-ring (bicyclic) bond motifs is 1. The summed E-state index contributed by atoms with van der Waals surface area (Å²) in [5, 5.41) is 3.82. The van der Waals surface area contributed by atoms with E-state index < -0.39 is 5.63 Å². The van der Waals surface area contributed by atoms with Crippen LogP contribution in [-0.4, -0.2) is 25.1 Å². The van der Waals surface area contributed by atoms with Gasteiger partial charge in [0.15, 0.2) is 6.61 Å². The van der Waals surface area contributed by atoms with E-state index in [-0.39, 0.29) is 31.0 Å². The van der Waals surface area contributed by atoms with E-state index in [4.69, 9.17) is 14.9 Å². The molecule has 1 aliphatic rings. The van der Waals surface area contributed by atoms with Crippen molar-refractivity contribution in [3.8, 4) is 5.75 Å². The van der Waals surface area contributed by atoms with Crippen molar-refractivity contribution < 1.29 is 13.9 Å². The Hall–Kier alpha value is -2.05. The van der Waals surface area contributed by atoms with Crippen LogP contribution in [0.3, 0.4) is 0 Å². The van der Waals surface area contributed by atoms with Gasteiger partial charge >= 0.3 is 5.63 Å². The van der Waals surface area contributed by atoms with Gasteiger partial charge in [0.2, 0.25) is 0 Å². The molecule has 1 aliphatic carbocycles. The zero-order valence-electron chi connectivity index (χ0n) is 13.9. The van der Waals surface area contributed by atoms with Crippen LogP contribution in [0.4, 0.5) is 0 Å². The summed E-state index contributed by atoms with van der Waals surface area (Å²) in [4.78, 5) is 23.4. The predicted molar refractivity (Wildman–Crippen MR) is 98.2 cm³/mol. The molecule has 1 aromatic carbocycles. The number of hydrogen-bond acceptors (Lipinski definition) is 5. The van der Waals surface area contributed by atoms with Gasteiger partial charge in [-0.05, 0) is 43.5 Å². The first-order valence-electron chi connectivity index (χ1n) is 8.32. The Bertz CT molecular complexity index is 777. The van der Waals surface area contributed by atoms with Crippen molar-refractivity contribution in [3.63, 3.8) is 0 Å². The fourth-order valence-electron chi connectivity index (χ4n) is 3.21. The van der Waals surface area contributed by atoms with E-state index in [9.17, 15) is 9.59 Å². The molecule has 2 unspecified atom stereocenters. The van der Waals surface area contributed by atoms with Crippen LogP contribution in [0.5, 0.6) is 5.75 Å². The minimum atomic E-state index is -0.414. The first-order chi connectivity index (χ1) is 11.7. The van der Waals surface area contributed by atoms with Crippen molar-refractivity contribution in [2.45, 2.75) is 31.7 Å². The molecule has 136 valence electrons. The number of halogens is 1. The molecule has 0 radical (unpaired) electrons. The molecule has 6 nitrogen and oxygen atoms in total. The molecular formula is C18H23ClN2O4. The van der Waals surface area contributed by atoms with E-state index in [1.165, 1.54) is 12.5 Å². The monoisotopic (exact) mass is 366 g/mol. The molecule has 3 N–H and O–H groups in total. The van der Waals surface area contributed by atoms with Crippen LogP contribution in [-0.2, 0) is 4.79 Å². The first kappa shape index (κ1) is 19.3. The van der Waals surface area contributed by atoms with Crippen LogP contribution >= 0.6 is 12.4 Å². The lowest BCUT2D eigenvalue weighted by molar-refractivity contribution is -0.124. The number of carbonyl (C=O) groups is 1. The number of rotatable bonds is 5. The maximum atomic E-state index is 12.1. The van der Waals surface area contributed by atoms with E-state index in [1.807, 2.05) is 0 Å². The third-order valence-corrected chi connectivity index (χ3v) is 4.52. The Balaban J connectivity index is 0.00000225. The number of benzene rings is 1. The number of carbonyl (C=O) groups excluding carboxylic acids is 1. The van der Waals surface area contributed by atoms with Crippen LogP contribution < -0.4 is 21.4 Å². The Morgan fingerprint density at radius 3 is 2.80 bits per heavy atom. The molecule has 0 saturated heterocycles. The lowest BCUT2D eigenvalue weighted by Crippen LogP contribution is -2.46. The molecule has 2 aromatic rings. The summed E-state index contributed by atoms with van der Waals surface area (Å²) in [6, 6.07) is 8.35. The topological polar surface area (TPSA) is 94.6 Å². The number of nitrogens with two attached hydrogens (primary N) is 1. The standard InChI is InChI=1S/C18H22N2O4.ClH/c19-10-13-3-1-2-4-15(13)20-17(21)11-23-14-7-5-12-6-8-18(22)24-16(12)9-14;/h5-9,13,15H,1-4,10-11,19H2,(H,20,21);1H. The molecule has 0 spiro atoms. The van der Waals surface area contributed by atoms with Gasteiger partial charge in [-0.25, -0.2) is 4.79 Å². The molecule has 3 rings (SSSR count). The fraction of sp³-hybridized carbons (Fsp3) is 0.444. The lowest BCUT2D eigenvalue weighted by atomic mass is 9.84. The highest BCUT2D eigenvalue weighted by molar-refractivity contribution is 5.85. The molecule has 1 fully saturated rings. The maximum absolute atomic E-state index is 12.1. The zero-order chi connectivity index (χ0) is 16.9. The predicted octanol–water partition coefficient (Wildman–Crippen LogP) is 2.23. The average Bonchev–Trinajstić information content (AvgIpc) is 2.60. The molecule has 1 heterocycles. The highest BCUT2D eigenvalue weighted by Crippen LogP contribution is 2.23. The average molecular weight is 367 g/mol. The van der Waals surface area contributed by atoms with E-state index in [2.05, 4.69) is 5.32 Å². The minimum absolute atomic E-state index is 0. The summed E-state index contributed by atoms with van der Waals surface area (Å²) in [7, 11) is 0. The van der Waals surface area contributed by atoms with Gasteiger partial charge in [-0.15, -0.1) is 12.4 Å². The molecule has 0 bridgehead atoms. The van der Waals surface area contributed by atoms with Crippen LogP contribution in [0.15, 0.2) is 39.5 Å². The molecular weight excluding hydrogens is 344 g/mol. The Labute approximate surface area is 152 Å². The van der Waals surface area contributed by atoms with E-state index >= 15 is 0 Å². The first-order valence-corrected chi connectivity index (χ1v) is 8.32. The highest BCUT2D eigenvalue weighted by Gasteiger charge is 2.25. The van der Waals surface area contributed by atoms with Gasteiger partial charge < -0.3 is 20.2 Å². The minimum Gasteiger partial charge on any atom is -0.484 e. The zero-order valence-corrected chi connectivity index (χ0v) is 14.7. The van der Waals surface area contributed by atoms with E-state index in [0.29, 0.717) is 23.8 Å². The third kappa shape index (κ3) is 4.96. The molecule has 0 aliphatic heterocycles. The van der Waals surface area contributed by atoms with Crippen LogP contribution in [0.25, 0.3) is 11.0 Å². The molecule has 1 saturated carbocycles. The van der Waals surface area contributed by atoms with Crippen LogP contribution in [0.1, 0.15) is 25.7 Å². The van der Waals surface area contributed by atoms with Gasteiger partial charge in [0.25, 0.3) is 5.91 Å². The SMILES string of the molecule is Cl.NCC1CCCCC1NC(=O)COc1ccc2ccc(=O)oc2c1. The number of nitrogens with one attached hydrogen (secondary N) is 1. The number of ether oxygens (including phenoxy) is 1. The number of amides is 1. The van der Waals surface area contributed by atoms with Crippen LogP contribution in [0, 0.1) is 5.92 Å². The third-order valence-electron chi connectivity index (χ3n) is 4.52. The van der Waals surface area contributed by atoms with Crippen molar-refractivity contribution in [2.24, 2.45) is 11.7 Å². The van der Waals surface area contributed by atoms with E-state index in [0.717, 1.165) is 24.6 Å². The van der Waals surface area contributed by atoms with Gasteiger partial charge in [-0.2, -0.15) is 0 Å². The second kappa shape index (κ2) is 8.87. The van der Waals surface area contributed by atoms with Crippen molar-refractivity contribution in [1.29, 1.82) is 0 Å². The van der Waals surface area contributed by atoms with E-state index in [1.54, 1.807) is 24.3 Å². The van der Waals surface area contributed by atoms with Crippen molar-refractivity contribution in [2.75, 3.05) is 13.2 Å².